The van der Waals surface area contributed by atoms with Crippen molar-refractivity contribution in [2.75, 3.05) is 7.11 Å². The number of nitrogens with zero attached hydrogens (tertiary/aromatic N) is 1. The van der Waals surface area contributed by atoms with Gasteiger partial charge < -0.3 is 9.84 Å². The van der Waals surface area contributed by atoms with Crippen molar-refractivity contribution in [1.29, 1.82) is 0 Å². The van der Waals surface area contributed by atoms with Crippen LogP contribution in [0.1, 0.15) is 0 Å². The monoisotopic (exact) mass is 325 g/mol. The molecule has 1 N–H and O–H groups in total. The predicted octanol–water partition coefficient (Wildman–Crippen LogP) is 2.05. The topological polar surface area (TPSA) is 93.0 Å². The van der Waals surface area contributed by atoms with Gasteiger partial charge >= 0.3 is 5.97 Å². The van der Waals surface area contributed by atoms with E-state index in [4.69, 9.17) is 9.84 Å². The molecule has 0 aliphatic carbocycles. The van der Waals surface area contributed by atoms with E-state index in [1.165, 1.54) is 48.9 Å². The number of hydrogen-bond acceptors (Lipinski definition) is 6. The lowest BCUT2D eigenvalue weighted by Gasteiger charge is -2.08. The summed E-state index contributed by atoms with van der Waals surface area (Å²) in [6.45, 7) is 0. The maximum absolute atomic E-state index is 12.6. The van der Waals surface area contributed by atoms with Crippen LogP contribution >= 0.6 is 11.9 Å². The van der Waals surface area contributed by atoms with Crippen molar-refractivity contribution in [3.8, 4) is 5.75 Å². The number of allylic oxidation sites excluding steroid dienone is 2. The van der Waals surface area contributed by atoms with Crippen molar-refractivity contribution < 1.29 is 23.1 Å². The van der Waals surface area contributed by atoms with Gasteiger partial charge in [-0.2, -0.15) is 0 Å². The average molecular weight is 325 g/mol. The molecule has 0 aromatic heterocycles. The van der Waals surface area contributed by atoms with Crippen LogP contribution in [0.3, 0.4) is 0 Å². The molecule has 8 heteroatoms. The summed E-state index contributed by atoms with van der Waals surface area (Å²) in [6.07, 6.45) is 2.67. The lowest BCUT2D eigenvalue weighted by atomic mass is 10.3. The number of sulfone groups is 1. The zero-order valence-corrected chi connectivity index (χ0v) is 12.5. The van der Waals surface area contributed by atoms with Gasteiger partial charge in [-0.1, -0.05) is 6.08 Å². The highest BCUT2D eigenvalue weighted by molar-refractivity contribution is 8.01. The van der Waals surface area contributed by atoms with Crippen LogP contribution in [0.4, 0.5) is 0 Å². The van der Waals surface area contributed by atoms with Gasteiger partial charge in [-0.15, -0.1) is 0 Å². The molecule has 0 unspecified atom stereocenters. The summed E-state index contributed by atoms with van der Waals surface area (Å²) in [5, 5.41) is 10.6. The third-order valence-corrected chi connectivity index (χ3v) is 4.99. The first-order chi connectivity index (χ1) is 9.96. The molecule has 2 rings (SSSR count). The van der Waals surface area contributed by atoms with E-state index < -0.39 is 21.5 Å². The lowest BCUT2D eigenvalue weighted by molar-refractivity contribution is -0.129. The van der Waals surface area contributed by atoms with E-state index >= 15 is 0 Å². The Bertz CT molecular complexity index is 745. The molecular weight excluding hydrogens is 314 g/mol. The second kappa shape index (κ2) is 6.15. The number of hydrogen-bond donors (Lipinski definition) is 1. The summed E-state index contributed by atoms with van der Waals surface area (Å²) in [4.78, 5) is 10.8. The summed E-state index contributed by atoms with van der Waals surface area (Å²) in [7, 11) is -2.51. The van der Waals surface area contributed by atoms with Gasteiger partial charge in [0.2, 0.25) is 9.84 Å². The largest absolute Gasteiger partial charge is 0.497 e. The Labute approximate surface area is 125 Å². The Morgan fingerprint density at radius 1 is 1.29 bits per heavy atom. The fraction of sp³-hybridized carbons (Fsp3) is 0.0769. The van der Waals surface area contributed by atoms with Crippen LogP contribution in [0.2, 0.25) is 0 Å². The van der Waals surface area contributed by atoms with Crippen LogP contribution in [-0.2, 0) is 14.6 Å². The Morgan fingerprint density at radius 3 is 2.52 bits per heavy atom. The maximum atomic E-state index is 12.6. The normalized spacial score (nSPS) is 14.9. The van der Waals surface area contributed by atoms with E-state index in [0.29, 0.717) is 5.75 Å². The Morgan fingerprint density at radius 2 is 1.95 bits per heavy atom. The quantitative estimate of drug-likeness (QED) is 0.852. The Kier molecular flexibility index (Phi) is 4.49. The molecule has 0 spiro atoms. The van der Waals surface area contributed by atoms with E-state index in [2.05, 4.69) is 4.40 Å². The second-order valence-electron chi connectivity index (χ2n) is 3.89. The summed E-state index contributed by atoms with van der Waals surface area (Å²) in [6, 6.07) is 5.70. The van der Waals surface area contributed by atoms with Crippen molar-refractivity contribution in [2.24, 2.45) is 4.40 Å². The van der Waals surface area contributed by atoms with Gasteiger partial charge in [0.25, 0.3) is 0 Å². The van der Waals surface area contributed by atoms with Crippen molar-refractivity contribution in [2.45, 2.75) is 4.90 Å². The minimum Gasteiger partial charge on any atom is -0.497 e. The van der Waals surface area contributed by atoms with Gasteiger partial charge in [0.15, 0.2) is 5.71 Å². The van der Waals surface area contributed by atoms with Gasteiger partial charge in [0.05, 0.1) is 12.0 Å². The summed E-state index contributed by atoms with van der Waals surface area (Å²) >= 11 is 0.863. The summed E-state index contributed by atoms with van der Waals surface area (Å²) < 4.78 is 33.8. The molecule has 0 fully saturated rings. The predicted molar refractivity (Wildman–Crippen MR) is 80.1 cm³/mol. The first-order valence-corrected chi connectivity index (χ1v) is 8.02. The number of benzene rings is 1. The fourth-order valence-electron chi connectivity index (χ4n) is 1.61. The lowest BCUT2D eigenvalue weighted by Crippen LogP contribution is -2.21. The fourth-order valence-corrected chi connectivity index (χ4v) is 3.55. The molecule has 1 aromatic carbocycles. The van der Waals surface area contributed by atoms with E-state index in [9.17, 15) is 13.2 Å². The number of carboxylic acids is 1. The number of methoxy groups -OCH3 is 1. The SMILES string of the molecule is COc1ccc(S(=O)(=O)C2=CC=CSN=C2C(=O)O)cc1. The first kappa shape index (κ1) is 15.3. The van der Waals surface area contributed by atoms with Gasteiger partial charge in [-0.25, -0.2) is 17.6 Å². The number of ether oxygens (including phenoxy) is 1. The zero-order chi connectivity index (χ0) is 15.5. The molecule has 0 amide bonds. The van der Waals surface area contributed by atoms with Crippen LogP contribution < -0.4 is 4.74 Å². The van der Waals surface area contributed by atoms with E-state index in [1.54, 1.807) is 0 Å². The molecule has 0 saturated heterocycles. The van der Waals surface area contributed by atoms with Crippen LogP contribution in [0.15, 0.2) is 56.0 Å². The van der Waals surface area contributed by atoms with Crippen molar-refractivity contribution in [3.63, 3.8) is 0 Å². The van der Waals surface area contributed by atoms with E-state index in [0.717, 1.165) is 11.9 Å². The third kappa shape index (κ3) is 3.17. The van der Waals surface area contributed by atoms with Crippen LogP contribution in [-0.4, -0.2) is 32.3 Å². The van der Waals surface area contributed by atoms with Gasteiger partial charge in [-0.05, 0) is 35.7 Å². The Balaban J connectivity index is 2.52. The third-order valence-electron chi connectivity index (χ3n) is 2.63. The first-order valence-electron chi connectivity index (χ1n) is 5.70. The molecule has 110 valence electrons. The molecule has 1 aliphatic heterocycles. The van der Waals surface area contributed by atoms with Crippen molar-refractivity contribution >= 4 is 33.5 Å². The Hall–Kier alpha value is -2.06. The molecule has 0 radical (unpaired) electrons. The maximum Gasteiger partial charge on any atom is 0.356 e. The van der Waals surface area contributed by atoms with Gasteiger partial charge in [0.1, 0.15) is 10.7 Å². The minimum atomic E-state index is -3.98. The standard InChI is InChI=1S/C13H11NO5S2/c1-19-9-4-6-10(7-5-9)21(17,18)11-3-2-8-20-14-12(11)13(15)16/h2-8H,1H3,(H,15,16). The van der Waals surface area contributed by atoms with E-state index in [-0.39, 0.29) is 9.80 Å². The van der Waals surface area contributed by atoms with Crippen LogP contribution in [0.5, 0.6) is 5.75 Å². The molecule has 1 heterocycles. The molecular formula is C13H11NO5S2. The molecule has 0 saturated carbocycles. The zero-order valence-electron chi connectivity index (χ0n) is 10.9. The average Bonchev–Trinajstić information content (AvgIpc) is 2.73. The van der Waals surface area contributed by atoms with Crippen LogP contribution in [0, 0.1) is 0 Å². The summed E-state index contributed by atoms with van der Waals surface area (Å²) in [5.74, 6) is -0.888. The van der Waals surface area contributed by atoms with Crippen LogP contribution in [0.25, 0.3) is 0 Å². The van der Waals surface area contributed by atoms with Crippen molar-refractivity contribution in [1.82, 2.24) is 0 Å². The molecule has 0 atom stereocenters. The number of carbonyl (C=O) groups is 1. The van der Waals surface area contributed by atoms with Gasteiger partial charge in [0, 0.05) is 11.9 Å². The number of aliphatic carboxylic acids is 1. The molecule has 21 heavy (non-hydrogen) atoms. The van der Waals surface area contributed by atoms with Gasteiger partial charge in [-0.3, -0.25) is 0 Å². The molecule has 1 aromatic rings. The molecule has 6 nitrogen and oxygen atoms in total. The molecule has 1 aliphatic rings. The molecule has 0 bridgehead atoms. The highest BCUT2D eigenvalue weighted by Crippen LogP contribution is 2.26. The second-order valence-corrected chi connectivity index (χ2v) is 6.47. The number of carboxylic acid groups (broad SMARTS) is 1. The highest BCUT2D eigenvalue weighted by Gasteiger charge is 2.29. The highest BCUT2D eigenvalue weighted by atomic mass is 32.2. The van der Waals surface area contributed by atoms with E-state index in [1.807, 2.05) is 0 Å². The minimum absolute atomic E-state index is 0.0243. The summed E-state index contributed by atoms with van der Waals surface area (Å²) in [5.41, 5.74) is -0.499. The smallest absolute Gasteiger partial charge is 0.356 e. The number of rotatable bonds is 4. The van der Waals surface area contributed by atoms with Crippen molar-refractivity contribution in [3.05, 3.63) is 46.7 Å².